The third-order valence-electron chi connectivity index (χ3n) is 5.86. The second-order valence-corrected chi connectivity index (χ2v) is 8.23. The molecular formula is C23H27ClO7. The zero-order valence-corrected chi connectivity index (χ0v) is 18.0. The highest BCUT2D eigenvalue weighted by atomic mass is 35.5. The van der Waals surface area contributed by atoms with Gasteiger partial charge in [0.2, 0.25) is 0 Å². The molecule has 31 heavy (non-hydrogen) atoms. The average Bonchev–Trinajstić information content (AvgIpc) is 3.27. The molecule has 5 atom stereocenters. The van der Waals surface area contributed by atoms with Crippen LogP contribution in [-0.4, -0.2) is 64.7 Å². The Balaban J connectivity index is 1.70. The van der Waals surface area contributed by atoms with Gasteiger partial charge in [-0.3, -0.25) is 0 Å². The Labute approximate surface area is 185 Å². The van der Waals surface area contributed by atoms with Gasteiger partial charge in [0.05, 0.1) is 24.8 Å². The topological polar surface area (TPSA) is 109 Å². The Bertz CT molecular complexity index is 915. The molecule has 2 heterocycles. The fourth-order valence-electron chi connectivity index (χ4n) is 4.24. The number of aliphatic hydroxyl groups excluding tert-OH is 4. The van der Waals surface area contributed by atoms with Crippen LogP contribution in [0.15, 0.2) is 30.3 Å². The average molecular weight is 451 g/mol. The summed E-state index contributed by atoms with van der Waals surface area (Å²) in [7, 11) is 0. The highest BCUT2D eigenvalue weighted by molar-refractivity contribution is 6.33. The summed E-state index contributed by atoms with van der Waals surface area (Å²) in [6.45, 7) is 2.49. The molecule has 1 unspecified atom stereocenters. The molecule has 4 N–H and O–H groups in total. The number of ether oxygens (including phenoxy) is 3. The van der Waals surface area contributed by atoms with E-state index in [1.54, 1.807) is 0 Å². The molecule has 0 spiro atoms. The Morgan fingerprint density at radius 1 is 1.10 bits per heavy atom. The first kappa shape index (κ1) is 22.3. The number of benzene rings is 2. The second kappa shape index (κ2) is 9.32. The molecule has 168 valence electrons. The Hall–Kier alpha value is -1.87. The number of hydrogen-bond donors (Lipinski definition) is 4. The molecule has 0 radical (unpaired) electrons. The van der Waals surface area contributed by atoms with Crippen LogP contribution in [-0.2, 0) is 17.6 Å². The van der Waals surface area contributed by atoms with E-state index in [1.807, 2.05) is 37.3 Å². The van der Waals surface area contributed by atoms with E-state index < -0.39 is 37.1 Å². The van der Waals surface area contributed by atoms with Crippen LogP contribution in [0.25, 0.3) is 0 Å². The van der Waals surface area contributed by atoms with Crippen molar-refractivity contribution in [3.05, 3.63) is 57.6 Å². The lowest BCUT2D eigenvalue weighted by Crippen LogP contribution is -2.55. The molecule has 7 nitrogen and oxygen atoms in total. The van der Waals surface area contributed by atoms with Gasteiger partial charge in [0.25, 0.3) is 0 Å². The molecule has 2 aliphatic rings. The smallest absolute Gasteiger partial charge is 0.141 e. The molecule has 1 fully saturated rings. The summed E-state index contributed by atoms with van der Waals surface area (Å²) in [6, 6.07) is 9.58. The van der Waals surface area contributed by atoms with Crippen LogP contribution >= 0.6 is 11.6 Å². The van der Waals surface area contributed by atoms with Gasteiger partial charge in [0, 0.05) is 12.0 Å². The summed E-state index contributed by atoms with van der Waals surface area (Å²) in [4.78, 5) is 0. The van der Waals surface area contributed by atoms with E-state index in [1.165, 1.54) is 0 Å². The predicted octanol–water partition coefficient (Wildman–Crippen LogP) is 1.78. The van der Waals surface area contributed by atoms with Crippen molar-refractivity contribution < 1.29 is 34.6 Å². The highest BCUT2D eigenvalue weighted by Gasteiger charge is 2.45. The Kier molecular flexibility index (Phi) is 6.71. The number of rotatable bonds is 6. The molecule has 2 aromatic carbocycles. The number of fused-ring (bicyclic) bond motifs is 1. The third-order valence-corrected chi connectivity index (χ3v) is 6.27. The van der Waals surface area contributed by atoms with Crippen molar-refractivity contribution in [3.63, 3.8) is 0 Å². The molecule has 0 aromatic heterocycles. The van der Waals surface area contributed by atoms with Crippen LogP contribution in [0, 0.1) is 0 Å². The molecular weight excluding hydrogens is 424 g/mol. The van der Waals surface area contributed by atoms with Gasteiger partial charge in [0.1, 0.15) is 42.0 Å². The van der Waals surface area contributed by atoms with Crippen molar-refractivity contribution in [2.45, 2.75) is 50.3 Å². The standard InChI is InChI=1S/C23H27ClO7/c1-2-29-14-5-3-12(4-6-14)9-13-10-16(15-7-8-30-22(15)18(13)24)23-21(28)20(27)19(26)17(11-25)31-23/h3-6,10,17,19-21,23,25-28H,2,7-9,11H2,1H3/t17?,19-,20+,21-,23+/m1/s1. The predicted molar refractivity (Wildman–Crippen MR) is 114 cm³/mol. The first-order chi connectivity index (χ1) is 14.9. The van der Waals surface area contributed by atoms with Crippen molar-refractivity contribution in [2.24, 2.45) is 0 Å². The van der Waals surface area contributed by atoms with Gasteiger partial charge in [0.15, 0.2) is 0 Å². The van der Waals surface area contributed by atoms with Crippen LogP contribution in [0.5, 0.6) is 11.5 Å². The van der Waals surface area contributed by atoms with Crippen molar-refractivity contribution in [1.82, 2.24) is 0 Å². The van der Waals surface area contributed by atoms with Crippen LogP contribution in [0.1, 0.15) is 35.3 Å². The maximum atomic E-state index is 10.6. The molecule has 0 saturated carbocycles. The van der Waals surface area contributed by atoms with Gasteiger partial charge in [-0.05, 0) is 42.2 Å². The highest BCUT2D eigenvalue weighted by Crippen LogP contribution is 2.44. The molecule has 0 amide bonds. The minimum atomic E-state index is -1.45. The quantitative estimate of drug-likeness (QED) is 0.531. The van der Waals surface area contributed by atoms with Gasteiger partial charge in [-0.25, -0.2) is 0 Å². The maximum Gasteiger partial charge on any atom is 0.141 e. The van der Waals surface area contributed by atoms with E-state index in [-0.39, 0.29) is 0 Å². The summed E-state index contributed by atoms with van der Waals surface area (Å²) in [5, 5.41) is 41.1. The van der Waals surface area contributed by atoms with Crippen molar-refractivity contribution in [2.75, 3.05) is 19.8 Å². The summed E-state index contributed by atoms with van der Waals surface area (Å²) in [6.07, 6.45) is -5.01. The lowest BCUT2D eigenvalue weighted by atomic mass is 9.87. The van der Waals surface area contributed by atoms with Gasteiger partial charge in [-0.1, -0.05) is 29.8 Å². The van der Waals surface area contributed by atoms with Crippen LogP contribution in [0.3, 0.4) is 0 Å². The normalized spacial score (nSPS) is 27.6. The van der Waals surface area contributed by atoms with Gasteiger partial charge in [-0.15, -0.1) is 0 Å². The second-order valence-electron chi connectivity index (χ2n) is 7.85. The van der Waals surface area contributed by atoms with Gasteiger partial charge in [-0.2, -0.15) is 0 Å². The van der Waals surface area contributed by atoms with Crippen molar-refractivity contribution >= 4 is 11.6 Å². The van der Waals surface area contributed by atoms with E-state index in [9.17, 15) is 20.4 Å². The minimum Gasteiger partial charge on any atom is -0.494 e. The third kappa shape index (κ3) is 4.26. The summed E-state index contributed by atoms with van der Waals surface area (Å²) in [5.41, 5.74) is 3.26. The molecule has 2 aromatic rings. The summed E-state index contributed by atoms with van der Waals surface area (Å²) < 4.78 is 17.1. The summed E-state index contributed by atoms with van der Waals surface area (Å²) >= 11 is 6.66. The first-order valence-electron chi connectivity index (χ1n) is 10.4. The number of aliphatic hydroxyl groups is 4. The van der Waals surface area contributed by atoms with E-state index in [2.05, 4.69) is 0 Å². The van der Waals surface area contributed by atoms with Crippen molar-refractivity contribution in [1.29, 1.82) is 0 Å². The zero-order valence-electron chi connectivity index (χ0n) is 17.2. The number of halogens is 1. The maximum absolute atomic E-state index is 10.6. The minimum absolute atomic E-state index is 0.450. The van der Waals surface area contributed by atoms with Gasteiger partial charge < -0.3 is 34.6 Å². The monoisotopic (exact) mass is 450 g/mol. The van der Waals surface area contributed by atoms with E-state index in [4.69, 9.17) is 25.8 Å². The Morgan fingerprint density at radius 3 is 2.52 bits per heavy atom. The van der Waals surface area contributed by atoms with E-state index in [0.717, 1.165) is 22.4 Å². The van der Waals surface area contributed by atoms with E-state index in [0.29, 0.717) is 42.4 Å². The zero-order chi connectivity index (χ0) is 22.1. The van der Waals surface area contributed by atoms with E-state index >= 15 is 0 Å². The SMILES string of the molecule is CCOc1ccc(Cc2cc([C@@H]3OC(CO)[C@@H](O)[C@H](O)[C@H]3O)c3c(c2Cl)OCC3)cc1. The molecule has 8 heteroatoms. The van der Waals surface area contributed by atoms with Gasteiger partial charge >= 0.3 is 0 Å². The molecule has 0 aliphatic carbocycles. The van der Waals surface area contributed by atoms with Crippen LogP contribution < -0.4 is 9.47 Å². The summed E-state index contributed by atoms with van der Waals surface area (Å²) in [5.74, 6) is 1.34. The largest absolute Gasteiger partial charge is 0.494 e. The first-order valence-corrected chi connectivity index (χ1v) is 10.8. The molecule has 0 bridgehead atoms. The fourth-order valence-corrected chi connectivity index (χ4v) is 4.53. The van der Waals surface area contributed by atoms with Crippen molar-refractivity contribution in [3.8, 4) is 11.5 Å². The number of hydrogen-bond acceptors (Lipinski definition) is 7. The molecule has 2 aliphatic heterocycles. The lowest BCUT2D eigenvalue weighted by molar-refractivity contribution is -0.231. The fraction of sp³-hybridized carbons (Fsp3) is 0.478. The molecule has 4 rings (SSSR count). The van der Waals surface area contributed by atoms with Crippen LogP contribution in [0.2, 0.25) is 5.02 Å². The Morgan fingerprint density at radius 2 is 1.84 bits per heavy atom. The van der Waals surface area contributed by atoms with Crippen LogP contribution in [0.4, 0.5) is 0 Å². The lowest BCUT2D eigenvalue weighted by Gasteiger charge is -2.40. The molecule has 1 saturated heterocycles.